The van der Waals surface area contributed by atoms with Gasteiger partial charge in [0.25, 0.3) is 5.91 Å². The normalized spacial score (nSPS) is 20.3. The summed E-state index contributed by atoms with van der Waals surface area (Å²) in [6, 6.07) is 5.22. The first-order valence-electron chi connectivity index (χ1n) is 6.07. The molecule has 2 atom stereocenters. The molecule has 0 fully saturated rings. The molecule has 1 aliphatic heterocycles. The maximum Gasteiger partial charge on any atom is 0.268 e. The van der Waals surface area contributed by atoms with Gasteiger partial charge in [0.1, 0.15) is 5.75 Å². The van der Waals surface area contributed by atoms with Crippen LogP contribution in [0.4, 0.5) is 5.69 Å². The van der Waals surface area contributed by atoms with E-state index in [1.54, 1.807) is 23.1 Å². The van der Waals surface area contributed by atoms with E-state index in [0.717, 1.165) is 0 Å². The van der Waals surface area contributed by atoms with E-state index in [2.05, 4.69) is 0 Å². The van der Waals surface area contributed by atoms with Crippen LogP contribution in [0.2, 0.25) is 5.02 Å². The van der Waals surface area contributed by atoms with E-state index in [1.807, 2.05) is 13.8 Å². The second kappa shape index (κ2) is 5.16. The van der Waals surface area contributed by atoms with Crippen LogP contribution in [0.3, 0.4) is 0 Å². The van der Waals surface area contributed by atoms with E-state index in [0.29, 0.717) is 29.4 Å². The lowest BCUT2D eigenvalue weighted by Gasteiger charge is -2.37. The number of ether oxygens (including phenoxy) is 1. The van der Waals surface area contributed by atoms with Gasteiger partial charge in [-0.05, 0) is 31.5 Å². The van der Waals surface area contributed by atoms with Crippen molar-refractivity contribution in [3.05, 3.63) is 23.2 Å². The number of carbonyl (C=O) groups excluding carboxylic acids is 1. The first-order valence-corrected chi connectivity index (χ1v) is 6.45. The van der Waals surface area contributed by atoms with Gasteiger partial charge in [-0.2, -0.15) is 0 Å². The molecule has 1 aromatic carbocycles. The van der Waals surface area contributed by atoms with Crippen LogP contribution in [0.25, 0.3) is 0 Å². The second-order valence-electron chi connectivity index (χ2n) is 4.42. The van der Waals surface area contributed by atoms with Crippen LogP contribution in [-0.2, 0) is 4.79 Å². The van der Waals surface area contributed by atoms with Crippen molar-refractivity contribution in [1.82, 2.24) is 0 Å². The number of hydrogen-bond acceptors (Lipinski definition) is 3. The fourth-order valence-corrected chi connectivity index (χ4v) is 2.24. The molecule has 5 heteroatoms. The van der Waals surface area contributed by atoms with Gasteiger partial charge in [-0.1, -0.05) is 18.5 Å². The van der Waals surface area contributed by atoms with Gasteiger partial charge in [0.05, 0.1) is 5.69 Å². The molecule has 0 saturated heterocycles. The molecule has 0 aliphatic carbocycles. The van der Waals surface area contributed by atoms with Gasteiger partial charge in [0.2, 0.25) is 0 Å². The van der Waals surface area contributed by atoms with E-state index in [1.165, 1.54) is 0 Å². The Morgan fingerprint density at radius 2 is 2.28 bits per heavy atom. The molecule has 1 aromatic rings. The van der Waals surface area contributed by atoms with Gasteiger partial charge in [-0.3, -0.25) is 4.79 Å². The molecular weight excluding hydrogens is 252 g/mol. The van der Waals surface area contributed by atoms with Gasteiger partial charge >= 0.3 is 0 Å². The SMILES string of the molecule is CCC1Oc2ccc(Cl)cc2N(C(C)CN)C1=O. The molecule has 0 saturated carbocycles. The molecule has 0 spiro atoms. The van der Waals surface area contributed by atoms with Crippen LogP contribution in [0.5, 0.6) is 5.75 Å². The van der Waals surface area contributed by atoms with Crippen molar-refractivity contribution >= 4 is 23.2 Å². The third kappa shape index (κ3) is 2.18. The summed E-state index contributed by atoms with van der Waals surface area (Å²) in [6.45, 7) is 4.24. The van der Waals surface area contributed by atoms with Crippen molar-refractivity contribution in [2.24, 2.45) is 5.73 Å². The quantitative estimate of drug-likeness (QED) is 0.914. The Kier molecular flexibility index (Phi) is 3.78. The zero-order chi connectivity index (χ0) is 13.3. The fraction of sp³-hybridized carbons (Fsp3) is 0.462. The number of fused-ring (bicyclic) bond motifs is 1. The Morgan fingerprint density at radius 3 is 2.89 bits per heavy atom. The summed E-state index contributed by atoms with van der Waals surface area (Å²) in [5.41, 5.74) is 6.38. The summed E-state index contributed by atoms with van der Waals surface area (Å²) in [7, 11) is 0. The molecule has 98 valence electrons. The molecule has 1 heterocycles. The summed E-state index contributed by atoms with van der Waals surface area (Å²) in [5, 5.41) is 0.578. The summed E-state index contributed by atoms with van der Waals surface area (Å²) in [6.07, 6.45) is 0.196. The van der Waals surface area contributed by atoms with E-state index in [9.17, 15) is 4.79 Å². The van der Waals surface area contributed by atoms with Gasteiger partial charge in [-0.15, -0.1) is 0 Å². The summed E-state index contributed by atoms with van der Waals surface area (Å²) >= 11 is 5.98. The average molecular weight is 269 g/mol. The number of halogens is 1. The number of rotatable bonds is 3. The lowest BCUT2D eigenvalue weighted by molar-refractivity contribution is -0.126. The molecule has 0 aromatic heterocycles. The number of carbonyl (C=O) groups is 1. The van der Waals surface area contributed by atoms with Gasteiger partial charge in [0.15, 0.2) is 6.10 Å². The smallest absolute Gasteiger partial charge is 0.268 e. The Morgan fingerprint density at radius 1 is 1.56 bits per heavy atom. The van der Waals surface area contributed by atoms with Crippen molar-refractivity contribution in [3.8, 4) is 5.75 Å². The Labute approximate surface area is 112 Å². The zero-order valence-electron chi connectivity index (χ0n) is 10.5. The highest BCUT2D eigenvalue weighted by molar-refractivity contribution is 6.31. The van der Waals surface area contributed by atoms with Crippen LogP contribution in [0.15, 0.2) is 18.2 Å². The highest BCUT2D eigenvalue weighted by Gasteiger charge is 2.35. The molecule has 2 rings (SSSR count). The fourth-order valence-electron chi connectivity index (χ4n) is 2.07. The minimum absolute atomic E-state index is 0.0507. The number of benzene rings is 1. The molecule has 0 radical (unpaired) electrons. The zero-order valence-corrected chi connectivity index (χ0v) is 11.3. The van der Waals surface area contributed by atoms with Crippen LogP contribution in [0, 0.1) is 0 Å². The lowest BCUT2D eigenvalue weighted by atomic mass is 10.1. The largest absolute Gasteiger partial charge is 0.478 e. The van der Waals surface area contributed by atoms with Gasteiger partial charge in [0, 0.05) is 17.6 Å². The predicted octanol–water partition coefficient (Wildman–Crippen LogP) is 2.19. The first-order chi connectivity index (χ1) is 8.58. The second-order valence-corrected chi connectivity index (χ2v) is 4.86. The highest BCUT2D eigenvalue weighted by atomic mass is 35.5. The van der Waals surface area contributed by atoms with Gasteiger partial charge < -0.3 is 15.4 Å². The number of nitrogens with zero attached hydrogens (tertiary/aromatic N) is 1. The van der Waals surface area contributed by atoms with Crippen molar-refractivity contribution < 1.29 is 9.53 Å². The first kappa shape index (κ1) is 13.2. The number of nitrogens with two attached hydrogens (primary N) is 1. The third-order valence-corrected chi connectivity index (χ3v) is 3.35. The standard InChI is InChI=1S/C13H17ClN2O2/c1-3-11-13(17)16(8(2)7-15)10-6-9(14)4-5-12(10)18-11/h4-6,8,11H,3,7,15H2,1-2H3. The number of hydrogen-bond donors (Lipinski definition) is 1. The minimum atomic E-state index is -0.437. The molecule has 2 unspecified atom stereocenters. The molecular formula is C13H17ClN2O2. The molecule has 0 bridgehead atoms. The monoisotopic (exact) mass is 268 g/mol. The van der Waals surface area contributed by atoms with E-state index in [-0.39, 0.29) is 11.9 Å². The summed E-state index contributed by atoms with van der Waals surface area (Å²) < 4.78 is 5.68. The molecule has 18 heavy (non-hydrogen) atoms. The highest BCUT2D eigenvalue weighted by Crippen LogP contribution is 2.37. The molecule has 4 nitrogen and oxygen atoms in total. The number of amides is 1. The van der Waals surface area contributed by atoms with Crippen LogP contribution >= 0.6 is 11.6 Å². The molecule has 1 aliphatic rings. The predicted molar refractivity (Wildman–Crippen MR) is 72.2 cm³/mol. The summed E-state index contributed by atoms with van der Waals surface area (Å²) in [5.74, 6) is 0.636. The molecule has 1 amide bonds. The van der Waals surface area contributed by atoms with E-state index >= 15 is 0 Å². The van der Waals surface area contributed by atoms with Crippen molar-refractivity contribution in [3.63, 3.8) is 0 Å². The number of anilines is 1. The van der Waals surface area contributed by atoms with Crippen molar-refractivity contribution in [2.45, 2.75) is 32.4 Å². The van der Waals surface area contributed by atoms with Crippen LogP contribution in [0.1, 0.15) is 20.3 Å². The summed E-state index contributed by atoms with van der Waals surface area (Å²) in [4.78, 5) is 14.0. The Hall–Kier alpha value is -1.26. The average Bonchev–Trinajstić information content (AvgIpc) is 2.37. The maximum absolute atomic E-state index is 12.3. The Bertz CT molecular complexity index is 464. The van der Waals surface area contributed by atoms with E-state index < -0.39 is 6.10 Å². The third-order valence-electron chi connectivity index (χ3n) is 3.12. The van der Waals surface area contributed by atoms with Crippen molar-refractivity contribution in [2.75, 3.05) is 11.4 Å². The minimum Gasteiger partial charge on any atom is -0.478 e. The molecule has 2 N–H and O–H groups in total. The lowest BCUT2D eigenvalue weighted by Crippen LogP contribution is -2.51. The topological polar surface area (TPSA) is 55.6 Å². The Balaban J connectivity index is 2.49. The van der Waals surface area contributed by atoms with Crippen LogP contribution < -0.4 is 15.4 Å². The van der Waals surface area contributed by atoms with Crippen LogP contribution in [-0.4, -0.2) is 24.6 Å². The van der Waals surface area contributed by atoms with Gasteiger partial charge in [-0.25, -0.2) is 0 Å². The van der Waals surface area contributed by atoms with E-state index in [4.69, 9.17) is 22.1 Å². The van der Waals surface area contributed by atoms with Crippen molar-refractivity contribution in [1.29, 1.82) is 0 Å². The maximum atomic E-state index is 12.3.